The third kappa shape index (κ3) is 4.46. The number of hydrogen-bond donors (Lipinski definition) is 1. The fraction of sp³-hybridized carbons (Fsp3) is 0.700. The Hall–Kier alpha value is -2.02. The van der Waals surface area contributed by atoms with Crippen LogP contribution in [0.15, 0.2) is 18.3 Å². The zero-order valence-corrected chi connectivity index (χ0v) is 16.1. The largest absolute Gasteiger partial charge is 0.485 e. The minimum Gasteiger partial charge on any atom is -0.485 e. The van der Waals surface area contributed by atoms with Crippen LogP contribution in [0, 0.1) is 5.92 Å². The molecule has 1 saturated carbocycles. The summed E-state index contributed by atoms with van der Waals surface area (Å²) in [5.41, 5.74) is 0. The van der Waals surface area contributed by atoms with Gasteiger partial charge in [-0.1, -0.05) is 0 Å². The molecule has 27 heavy (non-hydrogen) atoms. The van der Waals surface area contributed by atoms with E-state index in [1.54, 1.807) is 7.11 Å². The number of aromatic nitrogens is 1. The molecule has 2 saturated heterocycles. The summed E-state index contributed by atoms with van der Waals surface area (Å²) in [7, 11) is 1.69. The van der Waals surface area contributed by atoms with Crippen LogP contribution in [-0.2, 0) is 4.74 Å². The summed E-state index contributed by atoms with van der Waals surface area (Å²) in [6, 6.07) is 4.04. The van der Waals surface area contributed by atoms with Gasteiger partial charge in [-0.05, 0) is 43.7 Å². The van der Waals surface area contributed by atoms with Crippen LogP contribution in [0.5, 0.6) is 5.75 Å². The van der Waals surface area contributed by atoms with Gasteiger partial charge in [-0.15, -0.1) is 0 Å². The van der Waals surface area contributed by atoms with Crippen molar-refractivity contribution in [2.75, 3.05) is 44.8 Å². The van der Waals surface area contributed by atoms with Gasteiger partial charge >= 0.3 is 6.03 Å². The lowest BCUT2D eigenvalue weighted by atomic mass is 10.2. The molecule has 2 atom stereocenters. The van der Waals surface area contributed by atoms with Gasteiger partial charge in [0.1, 0.15) is 6.10 Å². The molecule has 7 heteroatoms. The summed E-state index contributed by atoms with van der Waals surface area (Å²) < 4.78 is 11.5. The standard InChI is InChI=1S/C20H30N4O3/c1-26-14-17(15-6-7-15)22-20(25)24-12-8-16(13-24)27-18-5-4-9-21-19(18)23-10-2-3-11-23/h4-5,9,15-17H,2-3,6-8,10-14H2,1H3,(H,22,25)/t16-,17-/m1/s1. The molecule has 0 spiro atoms. The quantitative estimate of drug-likeness (QED) is 0.793. The number of amides is 2. The maximum absolute atomic E-state index is 12.6. The maximum Gasteiger partial charge on any atom is 0.317 e. The Morgan fingerprint density at radius 3 is 2.85 bits per heavy atom. The van der Waals surface area contributed by atoms with Crippen LogP contribution in [0.2, 0.25) is 0 Å². The van der Waals surface area contributed by atoms with Crippen LogP contribution in [0.3, 0.4) is 0 Å². The van der Waals surface area contributed by atoms with Gasteiger partial charge in [0.05, 0.1) is 19.2 Å². The topological polar surface area (TPSA) is 66.9 Å². The molecule has 1 aromatic rings. The molecule has 0 bridgehead atoms. The second kappa shape index (κ2) is 8.33. The number of methoxy groups -OCH3 is 1. The van der Waals surface area contributed by atoms with Crippen LogP contribution in [0.1, 0.15) is 32.1 Å². The van der Waals surface area contributed by atoms with E-state index in [2.05, 4.69) is 15.2 Å². The highest BCUT2D eigenvalue weighted by Crippen LogP contribution is 2.33. The SMILES string of the molecule is COC[C@@H](NC(=O)N1CC[C@@H](Oc2cccnc2N2CCCC2)C1)C1CC1. The average molecular weight is 374 g/mol. The summed E-state index contributed by atoms with van der Waals surface area (Å²) in [4.78, 5) is 21.3. The Balaban J connectivity index is 1.33. The predicted octanol–water partition coefficient (Wildman–Crippen LogP) is 2.27. The minimum atomic E-state index is 0.000929. The summed E-state index contributed by atoms with van der Waals surface area (Å²) in [5, 5.41) is 3.15. The van der Waals surface area contributed by atoms with Crippen molar-refractivity contribution in [3.63, 3.8) is 0 Å². The number of nitrogens with one attached hydrogen (secondary N) is 1. The number of carbonyl (C=O) groups excluding carboxylic acids is 1. The molecule has 0 radical (unpaired) electrons. The molecule has 3 fully saturated rings. The smallest absolute Gasteiger partial charge is 0.317 e. The third-order valence-electron chi connectivity index (χ3n) is 5.73. The average Bonchev–Trinajstić information content (AvgIpc) is 3.17. The number of carbonyl (C=O) groups is 1. The third-order valence-corrected chi connectivity index (χ3v) is 5.73. The number of anilines is 1. The van der Waals surface area contributed by atoms with Gasteiger partial charge in [-0.3, -0.25) is 0 Å². The number of likely N-dealkylation sites (tertiary alicyclic amines) is 1. The van der Waals surface area contributed by atoms with E-state index in [4.69, 9.17) is 9.47 Å². The summed E-state index contributed by atoms with van der Waals surface area (Å²) in [5.74, 6) is 2.34. The van der Waals surface area contributed by atoms with E-state index in [0.29, 0.717) is 19.1 Å². The predicted molar refractivity (Wildman–Crippen MR) is 103 cm³/mol. The van der Waals surface area contributed by atoms with E-state index in [1.165, 1.54) is 25.7 Å². The first-order valence-electron chi connectivity index (χ1n) is 10.2. The van der Waals surface area contributed by atoms with Crippen molar-refractivity contribution in [3.05, 3.63) is 18.3 Å². The Labute approximate surface area is 161 Å². The van der Waals surface area contributed by atoms with Crippen LogP contribution in [0.4, 0.5) is 10.6 Å². The molecule has 3 heterocycles. The van der Waals surface area contributed by atoms with E-state index in [-0.39, 0.29) is 18.2 Å². The highest BCUT2D eigenvalue weighted by atomic mass is 16.5. The van der Waals surface area contributed by atoms with Crippen molar-refractivity contribution in [2.45, 2.75) is 44.2 Å². The second-order valence-corrected chi connectivity index (χ2v) is 7.84. The first-order valence-corrected chi connectivity index (χ1v) is 10.2. The van der Waals surface area contributed by atoms with Gasteiger partial charge < -0.3 is 24.6 Å². The van der Waals surface area contributed by atoms with Gasteiger partial charge in [-0.2, -0.15) is 0 Å². The number of ether oxygens (including phenoxy) is 2. The monoisotopic (exact) mass is 374 g/mol. The van der Waals surface area contributed by atoms with Crippen LogP contribution in [0.25, 0.3) is 0 Å². The summed E-state index contributed by atoms with van der Waals surface area (Å²) in [6.45, 7) is 3.99. The van der Waals surface area contributed by atoms with Crippen molar-refractivity contribution in [3.8, 4) is 5.75 Å². The highest BCUT2D eigenvalue weighted by molar-refractivity contribution is 5.75. The molecule has 148 valence electrons. The molecule has 1 aliphatic carbocycles. The van der Waals surface area contributed by atoms with E-state index in [0.717, 1.165) is 37.6 Å². The molecule has 3 aliphatic rings. The number of rotatable bonds is 7. The molecular weight excluding hydrogens is 344 g/mol. The Morgan fingerprint density at radius 1 is 1.30 bits per heavy atom. The molecule has 2 amide bonds. The highest BCUT2D eigenvalue weighted by Gasteiger charge is 2.35. The first kappa shape index (κ1) is 18.3. The molecule has 2 aliphatic heterocycles. The van der Waals surface area contributed by atoms with Crippen molar-refractivity contribution in [2.24, 2.45) is 5.92 Å². The molecule has 7 nitrogen and oxygen atoms in total. The van der Waals surface area contributed by atoms with Crippen molar-refractivity contribution in [1.82, 2.24) is 15.2 Å². The van der Waals surface area contributed by atoms with Crippen molar-refractivity contribution >= 4 is 11.8 Å². The molecular formula is C20H30N4O3. The van der Waals surface area contributed by atoms with Gasteiger partial charge in [0.15, 0.2) is 11.6 Å². The Morgan fingerprint density at radius 2 is 2.11 bits per heavy atom. The number of hydrogen-bond acceptors (Lipinski definition) is 5. The van der Waals surface area contributed by atoms with Gasteiger partial charge in [-0.25, -0.2) is 9.78 Å². The molecule has 1 aromatic heterocycles. The maximum atomic E-state index is 12.6. The van der Waals surface area contributed by atoms with Crippen molar-refractivity contribution < 1.29 is 14.3 Å². The molecule has 1 N–H and O–H groups in total. The minimum absolute atomic E-state index is 0.000929. The van der Waals surface area contributed by atoms with E-state index in [1.807, 2.05) is 23.2 Å². The summed E-state index contributed by atoms with van der Waals surface area (Å²) >= 11 is 0. The summed E-state index contributed by atoms with van der Waals surface area (Å²) in [6.07, 6.45) is 7.46. The van der Waals surface area contributed by atoms with E-state index in [9.17, 15) is 4.79 Å². The molecule has 0 aromatic carbocycles. The van der Waals surface area contributed by atoms with Crippen molar-refractivity contribution in [1.29, 1.82) is 0 Å². The fourth-order valence-corrected chi connectivity index (χ4v) is 4.05. The van der Waals surface area contributed by atoms with Crippen LogP contribution in [-0.4, -0.2) is 68.0 Å². The van der Waals surface area contributed by atoms with E-state index < -0.39 is 0 Å². The lowest BCUT2D eigenvalue weighted by Gasteiger charge is -2.24. The lowest BCUT2D eigenvalue weighted by Crippen LogP contribution is -2.47. The lowest BCUT2D eigenvalue weighted by molar-refractivity contribution is 0.147. The van der Waals surface area contributed by atoms with Crippen LogP contribution < -0.4 is 15.0 Å². The normalized spacial score (nSPS) is 23.5. The fourth-order valence-electron chi connectivity index (χ4n) is 4.05. The van der Waals surface area contributed by atoms with E-state index >= 15 is 0 Å². The Kier molecular flexibility index (Phi) is 5.66. The number of pyridine rings is 1. The number of urea groups is 1. The Bertz CT molecular complexity index is 646. The first-order chi connectivity index (χ1) is 13.2. The molecule has 0 unspecified atom stereocenters. The van der Waals surface area contributed by atoms with Crippen LogP contribution >= 0.6 is 0 Å². The second-order valence-electron chi connectivity index (χ2n) is 7.84. The van der Waals surface area contributed by atoms with Gasteiger partial charge in [0, 0.05) is 39.4 Å². The number of nitrogens with zero attached hydrogens (tertiary/aromatic N) is 3. The zero-order chi connectivity index (χ0) is 18.6. The molecule has 4 rings (SSSR count). The van der Waals surface area contributed by atoms with Gasteiger partial charge in [0.2, 0.25) is 0 Å². The zero-order valence-electron chi connectivity index (χ0n) is 16.1. The van der Waals surface area contributed by atoms with Gasteiger partial charge in [0.25, 0.3) is 0 Å².